The molecule has 7 nitrogen and oxygen atoms in total. The average molecular weight is 301 g/mol. The Morgan fingerprint density at radius 1 is 1.52 bits per heavy atom. The molecule has 9 heteroatoms. The molecule has 0 aromatic carbocycles. The van der Waals surface area contributed by atoms with Gasteiger partial charge in [-0.1, -0.05) is 0 Å². The van der Waals surface area contributed by atoms with Crippen molar-refractivity contribution in [2.45, 2.75) is 12.5 Å². The first-order chi connectivity index (χ1) is 9.97. The molecule has 0 aliphatic carbocycles. The largest absolute Gasteiger partial charge is 0.391 e. The van der Waals surface area contributed by atoms with Crippen molar-refractivity contribution >= 4 is 11.7 Å². The third-order valence-electron chi connectivity index (χ3n) is 3.46. The van der Waals surface area contributed by atoms with E-state index in [4.69, 9.17) is 5.73 Å². The number of primary amides is 1. The van der Waals surface area contributed by atoms with Gasteiger partial charge in [0.15, 0.2) is 5.82 Å². The van der Waals surface area contributed by atoms with Gasteiger partial charge in [-0.25, -0.2) is 9.97 Å². The van der Waals surface area contributed by atoms with Crippen LogP contribution >= 0.6 is 0 Å². The number of likely N-dealkylation sites (tertiary alicyclic amines) is 1. The fourth-order valence-electron chi connectivity index (χ4n) is 2.35. The lowest BCUT2D eigenvalue weighted by atomic mass is 9.94. The summed E-state index contributed by atoms with van der Waals surface area (Å²) in [5.74, 6) is -3.18. The maximum absolute atomic E-state index is 13.4. The summed E-state index contributed by atoms with van der Waals surface area (Å²) < 4.78 is 26.3. The first-order valence-corrected chi connectivity index (χ1v) is 6.56. The summed E-state index contributed by atoms with van der Waals surface area (Å²) in [4.78, 5) is 19.3. The minimum Gasteiger partial charge on any atom is -0.391 e. The van der Waals surface area contributed by atoms with E-state index in [1.165, 1.54) is 0 Å². The summed E-state index contributed by atoms with van der Waals surface area (Å²) in [5.41, 5.74) is 5.10. The number of β-amino-alcohol motifs (C(OH)–C–C–N with tert-alkyl or cyclic N) is 1. The number of nitrogens with zero attached hydrogens (tertiary/aromatic N) is 3. The van der Waals surface area contributed by atoms with Crippen molar-refractivity contribution in [2.75, 3.05) is 31.5 Å². The van der Waals surface area contributed by atoms with Crippen LogP contribution in [0, 0.1) is 17.7 Å². The van der Waals surface area contributed by atoms with E-state index in [1.807, 2.05) is 0 Å². The van der Waals surface area contributed by atoms with Gasteiger partial charge in [0, 0.05) is 19.0 Å². The highest BCUT2D eigenvalue weighted by molar-refractivity contribution is 5.75. The van der Waals surface area contributed by atoms with Gasteiger partial charge in [0.2, 0.25) is 11.7 Å². The summed E-state index contributed by atoms with van der Waals surface area (Å²) in [7, 11) is 0. The SMILES string of the molecule is NC(=O)CN1CC[C@H](CNc2ncnc(F)c2F)[C@@H](O)C1. The molecule has 2 atom stereocenters. The van der Waals surface area contributed by atoms with Gasteiger partial charge in [-0.2, -0.15) is 8.78 Å². The van der Waals surface area contributed by atoms with Crippen LogP contribution in [0.25, 0.3) is 0 Å². The number of carbonyl (C=O) groups is 1. The Morgan fingerprint density at radius 3 is 2.95 bits per heavy atom. The lowest BCUT2D eigenvalue weighted by Crippen LogP contribution is -2.48. The number of amides is 1. The van der Waals surface area contributed by atoms with Crippen LogP contribution in [0.5, 0.6) is 0 Å². The van der Waals surface area contributed by atoms with Crippen LogP contribution in [0.2, 0.25) is 0 Å². The average Bonchev–Trinajstić information content (AvgIpc) is 2.41. The second kappa shape index (κ2) is 6.72. The maximum atomic E-state index is 13.4. The number of piperidine rings is 1. The highest BCUT2D eigenvalue weighted by atomic mass is 19.2. The van der Waals surface area contributed by atoms with Gasteiger partial charge in [-0.15, -0.1) is 0 Å². The van der Waals surface area contributed by atoms with Crippen LogP contribution in [0.3, 0.4) is 0 Å². The molecule has 1 aromatic heterocycles. The van der Waals surface area contributed by atoms with E-state index >= 15 is 0 Å². The summed E-state index contributed by atoms with van der Waals surface area (Å²) >= 11 is 0. The molecule has 1 amide bonds. The number of nitrogens with two attached hydrogens (primary N) is 1. The Morgan fingerprint density at radius 2 is 2.29 bits per heavy atom. The number of aromatic nitrogens is 2. The number of rotatable bonds is 5. The zero-order valence-electron chi connectivity index (χ0n) is 11.3. The third-order valence-corrected chi connectivity index (χ3v) is 3.46. The molecule has 0 radical (unpaired) electrons. The molecule has 1 fully saturated rings. The van der Waals surface area contributed by atoms with Crippen molar-refractivity contribution < 1.29 is 18.7 Å². The summed E-state index contributed by atoms with van der Waals surface area (Å²) in [6, 6.07) is 0. The van der Waals surface area contributed by atoms with E-state index in [0.29, 0.717) is 19.5 Å². The molecule has 0 spiro atoms. The number of hydrogen-bond donors (Lipinski definition) is 3. The molecular formula is C12H17F2N5O2. The zero-order valence-corrected chi connectivity index (χ0v) is 11.3. The van der Waals surface area contributed by atoms with Crippen LogP contribution in [0.15, 0.2) is 6.33 Å². The third kappa shape index (κ3) is 4.05. The van der Waals surface area contributed by atoms with Crippen LogP contribution in [-0.2, 0) is 4.79 Å². The number of nitrogens with one attached hydrogen (secondary N) is 1. The molecule has 4 N–H and O–H groups in total. The summed E-state index contributed by atoms with van der Waals surface area (Å²) in [6.07, 6.45) is 0.851. The minimum atomic E-state index is -1.22. The predicted octanol–water partition coefficient (Wildman–Crippen LogP) is -0.665. The fourth-order valence-corrected chi connectivity index (χ4v) is 2.35. The van der Waals surface area contributed by atoms with Crippen molar-refractivity contribution in [3.8, 4) is 0 Å². The van der Waals surface area contributed by atoms with Gasteiger partial charge in [0.1, 0.15) is 6.33 Å². The maximum Gasteiger partial charge on any atom is 0.254 e. The summed E-state index contributed by atoms with van der Waals surface area (Å²) in [6.45, 7) is 1.27. The summed E-state index contributed by atoms with van der Waals surface area (Å²) in [5, 5.41) is 12.7. The van der Waals surface area contributed by atoms with E-state index in [9.17, 15) is 18.7 Å². The van der Waals surface area contributed by atoms with Gasteiger partial charge < -0.3 is 16.2 Å². The van der Waals surface area contributed by atoms with Crippen molar-refractivity contribution in [3.05, 3.63) is 18.1 Å². The molecule has 1 aliphatic rings. The van der Waals surface area contributed by atoms with Crippen LogP contribution in [0.4, 0.5) is 14.6 Å². The zero-order chi connectivity index (χ0) is 15.4. The van der Waals surface area contributed by atoms with E-state index in [1.54, 1.807) is 4.90 Å². The standard InChI is InChI=1S/C12H17F2N5O2/c13-10-11(14)17-6-18-12(10)16-3-7-1-2-19(4-8(7)20)5-9(15)21/h6-8,20H,1-5H2,(H2,15,21)(H,16,17,18)/t7-,8+/m1/s1. The fraction of sp³-hybridized carbons (Fsp3) is 0.583. The van der Waals surface area contributed by atoms with Gasteiger partial charge in [0.05, 0.1) is 12.6 Å². The quantitative estimate of drug-likeness (QED) is 0.623. The molecule has 2 heterocycles. The molecule has 0 unspecified atom stereocenters. The first kappa shape index (κ1) is 15.5. The minimum absolute atomic E-state index is 0.100. The van der Waals surface area contributed by atoms with Gasteiger partial charge >= 0.3 is 0 Å². The molecule has 1 saturated heterocycles. The predicted molar refractivity (Wildman–Crippen MR) is 70.2 cm³/mol. The Balaban J connectivity index is 1.87. The van der Waals surface area contributed by atoms with Gasteiger partial charge in [-0.3, -0.25) is 9.69 Å². The van der Waals surface area contributed by atoms with Crippen LogP contribution in [-0.4, -0.2) is 58.2 Å². The molecule has 21 heavy (non-hydrogen) atoms. The second-order valence-electron chi connectivity index (χ2n) is 5.03. The molecule has 1 aliphatic heterocycles. The van der Waals surface area contributed by atoms with Crippen molar-refractivity contribution in [3.63, 3.8) is 0 Å². The molecule has 116 valence electrons. The van der Waals surface area contributed by atoms with Crippen molar-refractivity contribution in [1.82, 2.24) is 14.9 Å². The van der Waals surface area contributed by atoms with E-state index in [-0.39, 0.29) is 24.8 Å². The van der Waals surface area contributed by atoms with Crippen LogP contribution < -0.4 is 11.1 Å². The molecule has 2 rings (SSSR count). The first-order valence-electron chi connectivity index (χ1n) is 6.56. The number of hydrogen-bond acceptors (Lipinski definition) is 6. The Labute approximate surface area is 120 Å². The molecule has 0 saturated carbocycles. The number of anilines is 1. The van der Waals surface area contributed by atoms with Crippen LogP contribution in [0.1, 0.15) is 6.42 Å². The number of carbonyl (C=O) groups excluding carboxylic acids is 1. The van der Waals surface area contributed by atoms with Gasteiger partial charge in [-0.05, 0) is 13.0 Å². The molecule has 1 aromatic rings. The highest BCUT2D eigenvalue weighted by Crippen LogP contribution is 2.19. The lowest BCUT2D eigenvalue weighted by Gasteiger charge is -2.35. The monoisotopic (exact) mass is 301 g/mol. The highest BCUT2D eigenvalue weighted by Gasteiger charge is 2.28. The van der Waals surface area contributed by atoms with E-state index in [2.05, 4.69) is 15.3 Å². The number of aliphatic hydroxyl groups is 1. The lowest BCUT2D eigenvalue weighted by molar-refractivity contribution is -0.120. The normalized spacial score (nSPS) is 23.0. The molecule has 0 bridgehead atoms. The van der Waals surface area contributed by atoms with E-state index in [0.717, 1.165) is 6.33 Å². The Hall–Kier alpha value is -1.87. The van der Waals surface area contributed by atoms with E-state index < -0.39 is 23.8 Å². The van der Waals surface area contributed by atoms with Crippen molar-refractivity contribution in [1.29, 1.82) is 0 Å². The molecular weight excluding hydrogens is 284 g/mol. The topological polar surface area (TPSA) is 104 Å². The number of aliphatic hydroxyl groups excluding tert-OH is 1. The van der Waals surface area contributed by atoms with Gasteiger partial charge in [0.25, 0.3) is 5.95 Å². The Bertz CT molecular complexity index is 516. The van der Waals surface area contributed by atoms with Crippen molar-refractivity contribution in [2.24, 2.45) is 11.7 Å². The second-order valence-corrected chi connectivity index (χ2v) is 5.03. The Kier molecular flexibility index (Phi) is 4.97. The number of halogens is 2. The smallest absolute Gasteiger partial charge is 0.254 e.